The lowest BCUT2D eigenvalue weighted by Gasteiger charge is -2.26. The largest absolute Gasteiger partial charge is 0.444 e. The number of aliphatic hydroxyl groups excluding tert-OH is 1. The zero-order valence-corrected chi connectivity index (χ0v) is 19.9. The molecule has 1 atom stereocenters. The standard InChI is InChI=1S/C28H26N4O4/c1-20(33)26-29-12-13-32(26)18-25-19-36-27(30-25)23-8-4-21(5-9-23)2-3-22-6-10-24(11-7-22)28(34)31-14-16-35-17-15-31/h4-13,19-20,33H,14-18H2,1H3. The Labute approximate surface area is 209 Å². The topological polar surface area (TPSA) is 93.6 Å². The van der Waals surface area contributed by atoms with Crippen LogP contribution in [-0.4, -0.2) is 56.8 Å². The third-order valence-electron chi connectivity index (χ3n) is 5.92. The molecule has 0 saturated carbocycles. The van der Waals surface area contributed by atoms with Gasteiger partial charge in [-0.3, -0.25) is 4.79 Å². The number of amides is 1. The highest BCUT2D eigenvalue weighted by molar-refractivity contribution is 5.94. The van der Waals surface area contributed by atoms with Crippen molar-refractivity contribution in [3.8, 4) is 23.3 Å². The van der Waals surface area contributed by atoms with Crippen LogP contribution < -0.4 is 0 Å². The molecule has 8 heteroatoms. The Bertz CT molecular complexity index is 1390. The van der Waals surface area contributed by atoms with Gasteiger partial charge >= 0.3 is 0 Å². The average molecular weight is 483 g/mol. The minimum absolute atomic E-state index is 0.0245. The number of rotatable bonds is 5. The molecule has 36 heavy (non-hydrogen) atoms. The third-order valence-corrected chi connectivity index (χ3v) is 5.92. The highest BCUT2D eigenvalue weighted by Crippen LogP contribution is 2.20. The highest BCUT2D eigenvalue weighted by Gasteiger charge is 2.18. The Kier molecular flexibility index (Phi) is 6.94. The van der Waals surface area contributed by atoms with Gasteiger partial charge in [0.1, 0.15) is 18.2 Å². The summed E-state index contributed by atoms with van der Waals surface area (Å²) in [5.74, 6) is 7.43. The van der Waals surface area contributed by atoms with Gasteiger partial charge in [-0.2, -0.15) is 0 Å². The molecule has 3 heterocycles. The monoisotopic (exact) mass is 482 g/mol. The van der Waals surface area contributed by atoms with Crippen LogP contribution in [0.25, 0.3) is 11.5 Å². The molecule has 1 fully saturated rings. The van der Waals surface area contributed by atoms with Crippen molar-refractivity contribution in [2.24, 2.45) is 0 Å². The zero-order valence-electron chi connectivity index (χ0n) is 19.9. The minimum atomic E-state index is -0.657. The van der Waals surface area contributed by atoms with Crippen molar-refractivity contribution in [3.05, 3.63) is 95.4 Å². The molecule has 1 N–H and O–H groups in total. The molecule has 5 rings (SSSR count). The van der Waals surface area contributed by atoms with Crippen LogP contribution in [0, 0.1) is 11.8 Å². The molecule has 4 aromatic rings. The van der Waals surface area contributed by atoms with Crippen molar-refractivity contribution in [2.75, 3.05) is 26.3 Å². The molecular weight excluding hydrogens is 456 g/mol. The van der Waals surface area contributed by atoms with Crippen LogP contribution in [0.5, 0.6) is 0 Å². The molecule has 1 aliphatic heterocycles. The Hall–Kier alpha value is -4.19. The maximum absolute atomic E-state index is 12.6. The van der Waals surface area contributed by atoms with Gasteiger partial charge in [-0.25, -0.2) is 9.97 Å². The summed E-state index contributed by atoms with van der Waals surface area (Å²) in [5.41, 5.74) is 3.95. The second kappa shape index (κ2) is 10.6. The van der Waals surface area contributed by atoms with Crippen LogP contribution in [-0.2, 0) is 11.3 Å². The number of imidazole rings is 1. The first-order valence-corrected chi connectivity index (χ1v) is 11.8. The van der Waals surface area contributed by atoms with E-state index in [1.54, 1.807) is 25.6 Å². The van der Waals surface area contributed by atoms with Crippen LogP contribution in [0.1, 0.15) is 46.0 Å². The highest BCUT2D eigenvalue weighted by atomic mass is 16.5. The number of hydrogen-bond donors (Lipinski definition) is 1. The molecular formula is C28H26N4O4. The Balaban J connectivity index is 1.22. The molecule has 0 aliphatic carbocycles. The van der Waals surface area contributed by atoms with E-state index in [0.29, 0.717) is 50.1 Å². The fourth-order valence-corrected chi connectivity index (χ4v) is 3.99. The van der Waals surface area contributed by atoms with Gasteiger partial charge < -0.3 is 23.7 Å². The second-order valence-electron chi connectivity index (χ2n) is 8.54. The van der Waals surface area contributed by atoms with Crippen molar-refractivity contribution >= 4 is 5.91 Å². The number of benzene rings is 2. The van der Waals surface area contributed by atoms with E-state index in [-0.39, 0.29) is 5.91 Å². The summed E-state index contributed by atoms with van der Waals surface area (Å²) in [6.07, 6.45) is 4.42. The van der Waals surface area contributed by atoms with Crippen molar-refractivity contribution < 1.29 is 19.1 Å². The normalized spacial score (nSPS) is 14.2. The number of carbonyl (C=O) groups excluding carboxylic acids is 1. The smallest absolute Gasteiger partial charge is 0.254 e. The molecule has 2 aromatic heterocycles. The Morgan fingerprint density at radius 1 is 1.06 bits per heavy atom. The number of aromatic nitrogens is 3. The summed E-state index contributed by atoms with van der Waals surface area (Å²) in [7, 11) is 0. The minimum Gasteiger partial charge on any atom is -0.444 e. The van der Waals surface area contributed by atoms with Crippen LogP contribution >= 0.6 is 0 Å². The zero-order chi connectivity index (χ0) is 24.9. The predicted molar refractivity (Wildman–Crippen MR) is 133 cm³/mol. The van der Waals surface area contributed by atoms with Crippen molar-refractivity contribution in [1.29, 1.82) is 0 Å². The van der Waals surface area contributed by atoms with Crippen molar-refractivity contribution in [2.45, 2.75) is 19.6 Å². The summed E-state index contributed by atoms with van der Waals surface area (Å²) in [4.78, 5) is 23.1. The van der Waals surface area contributed by atoms with Gasteiger partial charge in [-0.05, 0) is 55.5 Å². The number of carbonyl (C=O) groups is 1. The van der Waals surface area contributed by atoms with Gasteiger partial charge in [0, 0.05) is 47.7 Å². The SMILES string of the molecule is CC(O)c1nccn1Cc1coc(-c2ccc(C#Cc3ccc(C(=O)N4CCOCC4)cc3)cc2)n1. The lowest BCUT2D eigenvalue weighted by Crippen LogP contribution is -2.40. The van der Waals surface area contributed by atoms with Crippen molar-refractivity contribution in [1.82, 2.24) is 19.4 Å². The first kappa shape index (κ1) is 23.5. The number of ether oxygens (including phenoxy) is 1. The van der Waals surface area contributed by atoms with Crippen LogP contribution in [0.15, 0.2) is 71.6 Å². The summed E-state index contributed by atoms with van der Waals surface area (Å²) >= 11 is 0. The number of morpholine rings is 1. The molecule has 8 nitrogen and oxygen atoms in total. The quantitative estimate of drug-likeness (QED) is 0.438. The second-order valence-corrected chi connectivity index (χ2v) is 8.54. The fraction of sp³-hybridized carbons (Fsp3) is 0.250. The Morgan fingerprint density at radius 2 is 1.72 bits per heavy atom. The number of nitrogens with zero attached hydrogens (tertiary/aromatic N) is 4. The Morgan fingerprint density at radius 3 is 2.39 bits per heavy atom. The van der Waals surface area contributed by atoms with E-state index in [4.69, 9.17) is 9.15 Å². The summed E-state index contributed by atoms with van der Waals surface area (Å²) in [6.45, 7) is 4.56. The first-order valence-electron chi connectivity index (χ1n) is 11.8. The molecule has 2 aromatic carbocycles. The van der Waals surface area contributed by atoms with E-state index >= 15 is 0 Å². The molecule has 1 amide bonds. The van der Waals surface area contributed by atoms with Crippen LogP contribution in [0.3, 0.4) is 0 Å². The van der Waals surface area contributed by atoms with Crippen LogP contribution in [0.2, 0.25) is 0 Å². The van der Waals surface area contributed by atoms with E-state index in [2.05, 4.69) is 21.8 Å². The molecule has 182 valence electrons. The lowest BCUT2D eigenvalue weighted by atomic mass is 10.1. The van der Waals surface area contributed by atoms with E-state index < -0.39 is 6.10 Å². The van der Waals surface area contributed by atoms with E-state index in [9.17, 15) is 9.90 Å². The average Bonchev–Trinajstić information content (AvgIpc) is 3.58. The summed E-state index contributed by atoms with van der Waals surface area (Å²) in [5, 5.41) is 9.82. The first-order chi connectivity index (χ1) is 17.6. The number of aliphatic hydroxyl groups is 1. The third kappa shape index (κ3) is 5.38. The lowest BCUT2D eigenvalue weighted by molar-refractivity contribution is 0.0303. The van der Waals surface area contributed by atoms with Gasteiger partial charge in [-0.15, -0.1) is 0 Å². The summed E-state index contributed by atoms with van der Waals surface area (Å²) in [6, 6.07) is 15.1. The van der Waals surface area contributed by atoms with Crippen molar-refractivity contribution in [3.63, 3.8) is 0 Å². The fourth-order valence-electron chi connectivity index (χ4n) is 3.99. The van der Waals surface area contributed by atoms with Gasteiger partial charge in [0.25, 0.3) is 5.91 Å². The molecule has 0 radical (unpaired) electrons. The van der Waals surface area contributed by atoms with Gasteiger partial charge in [0.2, 0.25) is 5.89 Å². The van der Waals surface area contributed by atoms with E-state index in [1.165, 1.54) is 0 Å². The number of oxazole rings is 1. The molecule has 1 aliphatic rings. The maximum Gasteiger partial charge on any atom is 0.254 e. The van der Waals surface area contributed by atoms with Crippen LogP contribution in [0.4, 0.5) is 0 Å². The van der Waals surface area contributed by atoms with Gasteiger partial charge in [0.15, 0.2) is 0 Å². The molecule has 1 unspecified atom stereocenters. The van der Waals surface area contributed by atoms with Gasteiger partial charge in [0.05, 0.1) is 25.5 Å². The van der Waals surface area contributed by atoms with Gasteiger partial charge in [-0.1, -0.05) is 11.8 Å². The summed E-state index contributed by atoms with van der Waals surface area (Å²) < 4.78 is 12.8. The molecule has 0 spiro atoms. The predicted octanol–water partition coefficient (Wildman–Crippen LogP) is 3.51. The number of hydrogen-bond acceptors (Lipinski definition) is 6. The van der Waals surface area contributed by atoms with E-state index in [1.807, 2.05) is 58.0 Å². The van der Waals surface area contributed by atoms with E-state index in [0.717, 1.165) is 22.4 Å². The maximum atomic E-state index is 12.6. The molecule has 1 saturated heterocycles. The molecule has 0 bridgehead atoms.